The van der Waals surface area contributed by atoms with Crippen LogP contribution in [0.5, 0.6) is 0 Å². The van der Waals surface area contributed by atoms with E-state index in [1.54, 1.807) is 0 Å². The van der Waals surface area contributed by atoms with Gasteiger partial charge in [-0.05, 0) is 41.7 Å². The van der Waals surface area contributed by atoms with Crippen molar-refractivity contribution in [1.82, 2.24) is 29.3 Å². The highest BCUT2D eigenvalue weighted by Gasteiger charge is 2.24. The van der Waals surface area contributed by atoms with E-state index < -0.39 is 40.9 Å². The van der Waals surface area contributed by atoms with Crippen LogP contribution in [0.3, 0.4) is 0 Å². The van der Waals surface area contributed by atoms with E-state index in [1.165, 1.54) is 35.1 Å². The van der Waals surface area contributed by atoms with Gasteiger partial charge in [0.2, 0.25) is 5.91 Å². The molecule has 0 aliphatic rings. The Hall–Kier alpha value is -4.16. The number of fused-ring (bicyclic) bond motifs is 1. The van der Waals surface area contributed by atoms with Crippen LogP contribution < -0.4 is 21.9 Å². The fourth-order valence-corrected chi connectivity index (χ4v) is 4.66. The Morgan fingerprint density at radius 2 is 1.73 bits per heavy atom. The van der Waals surface area contributed by atoms with Crippen molar-refractivity contribution in [2.45, 2.75) is 45.0 Å². The predicted molar refractivity (Wildman–Crippen MR) is 146 cm³/mol. The lowest BCUT2D eigenvalue weighted by molar-refractivity contribution is -0.123. The van der Waals surface area contributed by atoms with Crippen LogP contribution in [-0.2, 0) is 44.8 Å². The highest BCUT2D eigenvalue weighted by atomic mass is 19.1. The third-order valence-electron chi connectivity index (χ3n) is 6.80. The second kappa shape index (κ2) is 12.3. The highest BCUT2D eigenvalue weighted by Crippen LogP contribution is 2.13. The molecule has 2 aromatic carbocycles. The number of aromatic nitrogens is 4. The number of imidazole rings is 1. The second-order valence-electron chi connectivity index (χ2n) is 9.78. The van der Waals surface area contributed by atoms with Crippen LogP contribution in [0.2, 0.25) is 0 Å². The number of carbonyl (C=O) groups excluding carboxylic acids is 1. The van der Waals surface area contributed by atoms with E-state index in [0.717, 1.165) is 34.8 Å². The SMILES string of the molecule is CCc1cccc(CNCC(O)C(Cc2cc(F)cc(F)c2)NC(=O)Cn2cnc3c2c(=O)n(C)c(=O)n3C)c1. The van der Waals surface area contributed by atoms with Crippen LogP contribution in [0.4, 0.5) is 8.78 Å². The van der Waals surface area contributed by atoms with Crippen LogP contribution >= 0.6 is 0 Å². The Labute approximate surface area is 228 Å². The Bertz CT molecular complexity index is 1620. The number of rotatable bonds is 11. The summed E-state index contributed by atoms with van der Waals surface area (Å²) < 4.78 is 31.2. The molecule has 2 aromatic heterocycles. The molecule has 0 bridgehead atoms. The molecule has 0 aliphatic carbocycles. The van der Waals surface area contributed by atoms with Gasteiger partial charge in [0.05, 0.1) is 18.5 Å². The lowest BCUT2D eigenvalue weighted by atomic mass is 10.0. The molecule has 4 aromatic rings. The number of carbonyl (C=O) groups is 1. The first kappa shape index (κ1) is 28.8. The smallest absolute Gasteiger partial charge is 0.332 e. The van der Waals surface area contributed by atoms with Gasteiger partial charge in [0.1, 0.15) is 18.2 Å². The summed E-state index contributed by atoms with van der Waals surface area (Å²) in [6, 6.07) is 10.1. The molecular formula is C28H32F2N6O4. The lowest BCUT2D eigenvalue weighted by Gasteiger charge is -2.25. The Morgan fingerprint density at radius 1 is 1.02 bits per heavy atom. The van der Waals surface area contributed by atoms with Crippen molar-refractivity contribution in [3.05, 3.63) is 98.0 Å². The zero-order chi connectivity index (χ0) is 29.0. The fourth-order valence-electron chi connectivity index (χ4n) is 4.66. The Balaban J connectivity index is 1.51. The van der Waals surface area contributed by atoms with Gasteiger partial charge < -0.3 is 20.3 Å². The van der Waals surface area contributed by atoms with E-state index >= 15 is 0 Å². The minimum absolute atomic E-state index is 0.0461. The van der Waals surface area contributed by atoms with Gasteiger partial charge in [-0.15, -0.1) is 0 Å². The number of benzene rings is 2. The van der Waals surface area contributed by atoms with Crippen LogP contribution in [-0.4, -0.2) is 48.4 Å². The molecule has 1 amide bonds. The largest absolute Gasteiger partial charge is 0.390 e. The molecule has 4 rings (SSSR count). The zero-order valence-electron chi connectivity index (χ0n) is 22.5. The van der Waals surface area contributed by atoms with Crippen LogP contribution in [0.15, 0.2) is 58.4 Å². The van der Waals surface area contributed by atoms with Gasteiger partial charge in [0, 0.05) is 33.3 Å². The maximum atomic E-state index is 13.9. The average Bonchev–Trinajstić information content (AvgIpc) is 3.33. The topological polar surface area (TPSA) is 123 Å². The number of aryl methyl sites for hydroxylation is 2. The first-order valence-corrected chi connectivity index (χ1v) is 12.9. The van der Waals surface area contributed by atoms with Crippen LogP contribution in [0.1, 0.15) is 23.6 Å². The minimum atomic E-state index is -1.11. The van der Waals surface area contributed by atoms with E-state index in [1.807, 2.05) is 18.2 Å². The number of aliphatic hydroxyl groups excluding tert-OH is 1. The first-order valence-electron chi connectivity index (χ1n) is 12.9. The van der Waals surface area contributed by atoms with E-state index in [2.05, 4.69) is 28.6 Å². The quantitative estimate of drug-likeness (QED) is 0.256. The summed E-state index contributed by atoms with van der Waals surface area (Å²) in [7, 11) is 2.80. The van der Waals surface area contributed by atoms with Gasteiger partial charge in [-0.25, -0.2) is 18.6 Å². The molecule has 0 spiro atoms. The van der Waals surface area contributed by atoms with Crippen molar-refractivity contribution in [2.24, 2.45) is 14.1 Å². The molecule has 40 heavy (non-hydrogen) atoms. The van der Waals surface area contributed by atoms with E-state index in [4.69, 9.17) is 0 Å². The van der Waals surface area contributed by atoms with Crippen molar-refractivity contribution in [1.29, 1.82) is 0 Å². The molecule has 12 heteroatoms. The number of nitrogens with zero attached hydrogens (tertiary/aromatic N) is 4. The van der Waals surface area contributed by atoms with Gasteiger partial charge >= 0.3 is 5.69 Å². The lowest BCUT2D eigenvalue weighted by Crippen LogP contribution is -2.49. The summed E-state index contributed by atoms with van der Waals surface area (Å²) in [4.78, 5) is 42.1. The molecule has 0 radical (unpaired) electrons. The van der Waals surface area contributed by atoms with Gasteiger partial charge in [-0.2, -0.15) is 0 Å². The molecule has 3 N–H and O–H groups in total. The van der Waals surface area contributed by atoms with Gasteiger partial charge in [-0.3, -0.25) is 18.7 Å². The van der Waals surface area contributed by atoms with E-state index in [-0.39, 0.29) is 36.2 Å². The zero-order valence-corrected chi connectivity index (χ0v) is 22.5. The second-order valence-corrected chi connectivity index (χ2v) is 9.78. The molecule has 10 nitrogen and oxygen atoms in total. The van der Waals surface area contributed by atoms with Crippen molar-refractivity contribution in [2.75, 3.05) is 6.54 Å². The monoisotopic (exact) mass is 554 g/mol. The number of amides is 1. The normalized spacial score (nSPS) is 12.9. The van der Waals surface area contributed by atoms with Crippen molar-refractivity contribution in [3.63, 3.8) is 0 Å². The predicted octanol–water partition coefficient (Wildman–Crippen LogP) is 1.15. The molecule has 0 aliphatic heterocycles. The Morgan fingerprint density at radius 3 is 2.42 bits per heavy atom. The number of aliphatic hydroxyl groups is 1. The summed E-state index contributed by atoms with van der Waals surface area (Å²) in [5, 5.41) is 16.9. The molecule has 2 atom stereocenters. The van der Waals surface area contributed by atoms with E-state index in [9.17, 15) is 28.3 Å². The van der Waals surface area contributed by atoms with Crippen LogP contribution in [0, 0.1) is 11.6 Å². The summed E-state index contributed by atoms with van der Waals surface area (Å²) in [5.41, 5.74) is 1.51. The minimum Gasteiger partial charge on any atom is -0.390 e. The highest BCUT2D eigenvalue weighted by molar-refractivity contribution is 5.79. The summed E-state index contributed by atoms with van der Waals surface area (Å²) in [6.45, 7) is 2.30. The summed E-state index contributed by atoms with van der Waals surface area (Å²) >= 11 is 0. The summed E-state index contributed by atoms with van der Waals surface area (Å²) in [5.74, 6) is -2.10. The molecule has 2 heterocycles. The standard InChI is InChI=1S/C28H32F2N6O4/c1-4-17-6-5-7-18(8-17)13-31-14-23(37)22(11-19-9-20(29)12-21(30)10-19)33-24(38)15-36-16-32-26-25(36)27(39)35(3)28(40)34(26)2/h5-10,12,16,22-23,31,37H,4,11,13-15H2,1-3H3,(H,33,38). The maximum absolute atomic E-state index is 13.9. The molecule has 212 valence electrons. The molecule has 0 saturated carbocycles. The third kappa shape index (κ3) is 6.52. The molecule has 0 fully saturated rings. The fraction of sp³-hybridized carbons (Fsp3) is 0.357. The van der Waals surface area contributed by atoms with Gasteiger partial charge in [0.15, 0.2) is 11.2 Å². The Kier molecular flexibility index (Phi) is 8.90. The van der Waals surface area contributed by atoms with Crippen LogP contribution in [0.25, 0.3) is 11.2 Å². The summed E-state index contributed by atoms with van der Waals surface area (Å²) in [6.07, 6.45) is 1.02. The van der Waals surface area contributed by atoms with Crippen molar-refractivity contribution in [3.8, 4) is 0 Å². The van der Waals surface area contributed by atoms with E-state index in [0.29, 0.717) is 6.54 Å². The average molecular weight is 555 g/mol. The van der Waals surface area contributed by atoms with Crippen molar-refractivity contribution >= 4 is 17.1 Å². The van der Waals surface area contributed by atoms with Crippen molar-refractivity contribution < 1.29 is 18.7 Å². The molecular weight excluding hydrogens is 522 g/mol. The number of halogens is 2. The maximum Gasteiger partial charge on any atom is 0.332 e. The first-order chi connectivity index (χ1) is 19.1. The number of hydrogen-bond donors (Lipinski definition) is 3. The molecule has 2 unspecified atom stereocenters. The molecule has 0 saturated heterocycles. The van der Waals surface area contributed by atoms with Gasteiger partial charge in [-0.1, -0.05) is 31.2 Å². The van der Waals surface area contributed by atoms with Gasteiger partial charge in [0.25, 0.3) is 5.56 Å². The third-order valence-corrected chi connectivity index (χ3v) is 6.80. The number of hydrogen-bond acceptors (Lipinski definition) is 6. The number of nitrogens with one attached hydrogen (secondary N) is 2.